The average molecular weight is 335 g/mol. The minimum atomic E-state index is -0.505. The molecule has 0 saturated heterocycles. The molecule has 3 rings (SSSR count). The highest BCUT2D eigenvalue weighted by Crippen LogP contribution is 2.17. The van der Waals surface area contributed by atoms with Crippen molar-refractivity contribution in [1.82, 2.24) is 0 Å². The lowest BCUT2D eigenvalue weighted by Gasteiger charge is -1.94. The molecule has 1 aliphatic heterocycles. The Morgan fingerprint density at radius 3 is 2.33 bits per heavy atom. The predicted octanol–water partition coefficient (Wildman–Crippen LogP) is 4.22. The van der Waals surface area contributed by atoms with Crippen LogP contribution in [0.2, 0.25) is 5.02 Å². The molecule has 0 atom stereocenters. The van der Waals surface area contributed by atoms with Gasteiger partial charge in [0.2, 0.25) is 5.90 Å². The first-order valence-corrected chi connectivity index (χ1v) is 7.48. The standard InChI is InChI=1S/C19H11ClN2O2/c20-16-8-5-13(6-9-16)7-10-18-22-17(19(23)24-18)11-14-1-3-15(12-21)4-2-14/h1-11H. The van der Waals surface area contributed by atoms with Crippen LogP contribution >= 0.6 is 11.6 Å². The summed E-state index contributed by atoms with van der Waals surface area (Å²) in [7, 11) is 0. The summed E-state index contributed by atoms with van der Waals surface area (Å²) < 4.78 is 5.11. The summed E-state index contributed by atoms with van der Waals surface area (Å²) in [5.74, 6) is -0.273. The Morgan fingerprint density at radius 2 is 1.67 bits per heavy atom. The number of carbonyl (C=O) groups is 1. The summed E-state index contributed by atoms with van der Waals surface area (Å²) in [4.78, 5) is 16.0. The molecule has 0 N–H and O–H groups in total. The summed E-state index contributed by atoms with van der Waals surface area (Å²) in [6.07, 6.45) is 5.03. The van der Waals surface area contributed by atoms with Gasteiger partial charge in [-0.1, -0.05) is 35.9 Å². The van der Waals surface area contributed by atoms with E-state index in [1.165, 1.54) is 0 Å². The fourth-order valence-electron chi connectivity index (χ4n) is 2.05. The number of hydrogen-bond donors (Lipinski definition) is 0. The lowest BCUT2D eigenvalue weighted by Crippen LogP contribution is -2.01. The zero-order valence-corrected chi connectivity index (χ0v) is 13.2. The molecule has 1 heterocycles. The second kappa shape index (κ2) is 6.95. The molecule has 1 aliphatic rings. The first kappa shape index (κ1) is 15.7. The van der Waals surface area contributed by atoms with Crippen molar-refractivity contribution in [2.45, 2.75) is 0 Å². The van der Waals surface area contributed by atoms with Crippen LogP contribution < -0.4 is 0 Å². The first-order valence-electron chi connectivity index (χ1n) is 7.10. The van der Waals surface area contributed by atoms with E-state index < -0.39 is 5.97 Å². The summed E-state index contributed by atoms with van der Waals surface area (Å²) in [5, 5.41) is 9.44. The van der Waals surface area contributed by atoms with Gasteiger partial charge in [-0.05, 0) is 47.5 Å². The molecule has 116 valence electrons. The molecule has 0 radical (unpaired) electrons. The second-order valence-corrected chi connectivity index (χ2v) is 5.42. The van der Waals surface area contributed by atoms with Crippen molar-refractivity contribution in [2.24, 2.45) is 4.99 Å². The molecule has 2 aromatic carbocycles. The number of ether oxygens (including phenoxy) is 1. The van der Waals surface area contributed by atoms with E-state index in [4.69, 9.17) is 21.6 Å². The van der Waals surface area contributed by atoms with E-state index in [9.17, 15) is 4.79 Å². The molecule has 0 aromatic heterocycles. The van der Waals surface area contributed by atoms with Crippen molar-refractivity contribution < 1.29 is 9.53 Å². The van der Waals surface area contributed by atoms with Crippen LogP contribution in [0, 0.1) is 11.3 Å². The second-order valence-electron chi connectivity index (χ2n) is 4.99. The topological polar surface area (TPSA) is 62.4 Å². The van der Waals surface area contributed by atoms with Crippen LogP contribution in [0.25, 0.3) is 12.2 Å². The van der Waals surface area contributed by atoms with Crippen LogP contribution in [0.3, 0.4) is 0 Å². The van der Waals surface area contributed by atoms with E-state index in [0.29, 0.717) is 10.6 Å². The Balaban J connectivity index is 1.78. The van der Waals surface area contributed by atoms with Gasteiger partial charge < -0.3 is 4.74 Å². The van der Waals surface area contributed by atoms with Crippen LogP contribution in [0.4, 0.5) is 0 Å². The van der Waals surface area contributed by atoms with Gasteiger partial charge in [0.1, 0.15) is 0 Å². The molecule has 4 nitrogen and oxygen atoms in total. The van der Waals surface area contributed by atoms with E-state index in [2.05, 4.69) is 4.99 Å². The lowest BCUT2D eigenvalue weighted by atomic mass is 10.1. The predicted molar refractivity (Wildman–Crippen MR) is 93.1 cm³/mol. The summed E-state index contributed by atoms with van der Waals surface area (Å²) in [6.45, 7) is 0. The molecule has 0 amide bonds. The van der Waals surface area contributed by atoms with E-state index >= 15 is 0 Å². The van der Waals surface area contributed by atoms with E-state index in [-0.39, 0.29) is 11.6 Å². The molecule has 0 bridgehead atoms. The van der Waals surface area contributed by atoms with Crippen LogP contribution in [0.1, 0.15) is 16.7 Å². The number of halogens is 1. The Labute approximate surface area is 144 Å². The number of nitriles is 1. The number of carbonyl (C=O) groups excluding carboxylic acids is 1. The van der Waals surface area contributed by atoms with Gasteiger partial charge in [-0.15, -0.1) is 0 Å². The van der Waals surface area contributed by atoms with Crippen molar-refractivity contribution in [1.29, 1.82) is 5.26 Å². The Bertz CT molecular complexity index is 902. The van der Waals surface area contributed by atoms with Crippen molar-refractivity contribution in [3.05, 3.63) is 82.0 Å². The third-order valence-corrected chi connectivity index (χ3v) is 3.52. The van der Waals surface area contributed by atoms with Gasteiger partial charge in [0, 0.05) is 11.1 Å². The maximum absolute atomic E-state index is 11.9. The number of hydrogen-bond acceptors (Lipinski definition) is 4. The number of benzene rings is 2. The molecule has 0 spiro atoms. The number of aliphatic imine (C=N–C) groups is 1. The Kier molecular flexibility index (Phi) is 4.55. The van der Waals surface area contributed by atoms with Gasteiger partial charge in [-0.25, -0.2) is 9.79 Å². The van der Waals surface area contributed by atoms with Gasteiger partial charge in [0.15, 0.2) is 5.70 Å². The minimum Gasteiger partial charge on any atom is -0.403 e. The lowest BCUT2D eigenvalue weighted by molar-refractivity contribution is -0.129. The zero-order valence-electron chi connectivity index (χ0n) is 12.4. The number of esters is 1. The molecule has 0 saturated carbocycles. The van der Waals surface area contributed by atoms with E-state index in [1.54, 1.807) is 54.6 Å². The number of nitrogens with zero attached hydrogens (tertiary/aromatic N) is 2. The molecule has 0 unspecified atom stereocenters. The van der Waals surface area contributed by atoms with E-state index in [0.717, 1.165) is 11.1 Å². The highest BCUT2D eigenvalue weighted by atomic mass is 35.5. The smallest absolute Gasteiger partial charge is 0.363 e. The van der Waals surface area contributed by atoms with Gasteiger partial charge in [0.05, 0.1) is 11.6 Å². The fraction of sp³-hybridized carbons (Fsp3) is 0. The molecule has 2 aromatic rings. The number of rotatable bonds is 3. The van der Waals surface area contributed by atoms with Crippen LogP contribution in [0.5, 0.6) is 0 Å². The monoisotopic (exact) mass is 334 g/mol. The van der Waals surface area contributed by atoms with E-state index in [1.807, 2.05) is 18.2 Å². The third kappa shape index (κ3) is 3.78. The zero-order chi connectivity index (χ0) is 16.9. The van der Waals surface area contributed by atoms with Gasteiger partial charge >= 0.3 is 5.97 Å². The van der Waals surface area contributed by atoms with Crippen LogP contribution in [-0.4, -0.2) is 11.9 Å². The van der Waals surface area contributed by atoms with Gasteiger partial charge in [-0.3, -0.25) is 0 Å². The molecule has 5 heteroatoms. The molecule has 0 fully saturated rings. The first-order chi connectivity index (χ1) is 11.6. The Morgan fingerprint density at radius 1 is 1.00 bits per heavy atom. The van der Waals surface area contributed by atoms with Gasteiger partial charge in [0.25, 0.3) is 0 Å². The quantitative estimate of drug-likeness (QED) is 0.623. The SMILES string of the molecule is N#Cc1ccc(C=C2N=C(C=Cc3ccc(Cl)cc3)OC2=O)cc1. The normalized spacial score (nSPS) is 15.4. The summed E-state index contributed by atoms with van der Waals surface area (Å²) in [6, 6.07) is 16.1. The summed E-state index contributed by atoms with van der Waals surface area (Å²) >= 11 is 5.83. The van der Waals surface area contributed by atoms with Crippen molar-refractivity contribution in [3.63, 3.8) is 0 Å². The minimum absolute atomic E-state index is 0.218. The maximum atomic E-state index is 11.9. The molecular formula is C19H11ClN2O2. The number of cyclic esters (lactones) is 1. The average Bonchev–Trinajstić information content (AvgIpc) is 2.95. The molecule has 24 heavy (non-hydrogen) atoms. The van der Waals surface area contributed by atoms with Crippen LogP contribution in [0.15, 0.2) is 65.3 Å². The highest BCUT2D eigenvalue weighted by Gasteiger charge is 2.20. The maximum Gasteiger partial charge on any atom is 0.363 e. The largest absolute Gasteiger partial charge is 0.403 e. The van der Waals surface area contributed by atoms with Crippen molar-refractivity contribution in [3.8, 4) is 6.07 Å². The van der Waals surface area contributed by atoms with Crippen molar-refractivity contribution >= 4 is 35.6 Å². The van der Waals surface area contributed by atoms with Gasteiger partial charge in [-0.2, -0.15) is 5.26 Å². The Hall–Kier alpha value is -3.16. The molecular weight excluding hydrogens is 324 g/mol. The molecule has 0 aliphatic carbocycles. The highest BCUT2D eigenvalue weighted by molar-refractivity contribution is 6.30. The summed E-state index contributed by atoms with van der Waals surface area (Å²) in [5.41, 5.74) is 2.46. The van der Waals surface area contributed by atoms with Crippen LogP contribution in [-0.2, 0) is 9.53 Å². The van der Waals surface area contributed by atoms with Crippen molar-refractivity contribution in [2.75, 3.05) is 0 Å². The third-order valence-electron chi connectivity index (χ3n) is 3.27. The fourth-order valence-corrected chi connectivity index (χ4v) is 2.18.